The second-order valence-corrected chi connectivity index (χ2v) is 4.20. The van der Waals surface area contributed by atoms with Crippen LogP contribution in [0.1, 0.15) is 24.2 Å². The van der Waals surface area contributed by atoms with Crippen LogP contribution in [0.3, 0.4) is 0 Å². The number of ether oxygens (including phenoxy) is 2. The van der Waals surface area contributed by atoms with Crippen molar-refractivity contribution in [3.63, 3.8) is 0 Å². The molecule has 0 saturated carbocycles. The van der Waals surface area contributed by atoms with Gasteiger partial charge in [-0.3, -0.25) is 0 Å². The molecular weight excluding hydrogens is 244 g/mol. The smallest absolute Gasteiger partial charge is 0.127 e. The molecule has 0 aliphatic carbocycles. The van der Waals surface area contributed by atoms with E-state index in [1.165, 1.54) is 0 Å². The molecule has 0 aliphatic rings. The van der Waals surface area contributed by atoms with Crippen LogP contribution in [0.25, 0.3) is 0 Å². The molecule has 0 bridgehead atoms. The van der Waals surface area contributed by atoms with Gasteiger partial charge >= 0.3 is 0 Å². The van der Waals surface area contributed by atoms with Crippen LogP contribution in [-0.4, -0.2) is 19.4 Å². The molecule has 0 radical (unpaired) electrons. The Morgan fingerprint density at radius 2 is 2.11 bits per heavy atom. The summed E-state index contributed by atoms with van der Waals surface area (Å²) in [5.41, 5.74) is 1.95. The molecule has 2 aromatic rings. The first-order valence-corrected chi connectivity index (χ1v) is 6.09. The van der Waals surface area contributed by atoms with Gasteiger partial charge in [-0.1, -0.05) is 11.2 Å². The van der Waals surface area contributed by atoms with Gasteiger partial charge < -0.3 is 19.3 Å². The summed E-state index contributed by atoms with van der Waals surface area (Å²) in [6.45, 7) is 2.72. The second-order valence-electron chi connectivity index (χ2n) is 4.20. The fourth-order valence-electron chi connectivity index (χ4n) is 1.87. The van der Waals surface area contributed by atoms with Crippen LogP contribution in [-0.2, 0) is 6.54 Å². The van der Waals surface area contributed by atoms with Gasteiger partial charge in [-0.05, 0) is 13.0 Å². The third-order valence-corrected chi connectivity index (χ3v) is 2.99. The van der Waals surface area contributed by atoms with E-state index in [9.17, 15) is 0 Å². The van der Waals surface area contributed by atoms with Crippen LogP contribution in [0.2, 0.25) is 0 Å². The predicted octanol–water partition coefficient (Wildman–Crippen LogP) is 2.54. The number of aromatic nitrogens is 1. The Morgan fingerprint density at radius 1 is 1.26 bits per heavy atom. The summed E-state index contributed by atoms with van der Waals surface area (Å²) in [4.78, 5) is 0. The summed E-state index contributed by atoms with van der Waals surface area (Å²) >= 11 is 0. The Bertz CT molecular complexity index is 511. The molecule has 1 unspecified atom stereocenters. The monoisotopic (exact) mass is 262 g/mol. The largest absolute Gasteiger partial charge is 0.497 e. The molecule has 0 spiro atoms. The van der Waals surface area contributed by atoms with Gasteiger partial charge in [-0.15, -0.1) is 0 Å². The van der Waals surface area contributed by atoms with Crippen LogP contribution in [0.15, 0.2) is 35.1 Å². The Labute approximate surface area is 112 Å². The minimum atomic E-state index is 0.137. The highest BCUT2D eigenvalue weighted by Crippen LogP contribution is 2.29. The van der Waals surface area contributed by atoms with Gasteiger partial charge in [0.25, 0.3) is 0 Å². The van der Waals surface area contributed by atoms with E-state index in [2.05, 4.69) is 17.4 Å². The number of hydrogen-bond donors (Lipinski definition) is 1. The number of nitrogens with zero attached hydrogens (tertiary/aromatic N) is 1. The zero-order valence-electron chi connectivity index (χ0n) is 11.3. The van der Waals surface area contributed by atoms with Crippen LogP contribution < -0.4 is 14.8 Å². The lowest BCUT2D eigenvalue weighted by Gasteiger charge is -2.17. The standard InChI is InChI=1S/C14H18N2O3/c1-10(15-9-11-6-7-19-16-11)13-5-4-12(17-2)8-14(13)18-3/h4-8,10,15H,9H2,1-3H3. The second kappa shape index (κ2) is 6.24. The summed E-state index contributed by atoms with van der Waals surface area (Å²) in [5.74, 6) is 1.59. The first-order chi connectivity index (χ1) is 9.24. The van der Waals surface area contributed by atoms with Gasteiger partial charge in [0, 0.05) is 30.3 Å². The fourth-order valence-corrected chi connectivity index (χ4v) is 1.87. The first-order valence-electron chi connectivity index (χ1n) is 6.09. The van der Waals surface area contributed by atoms with Gasteiger partial charge in [0.05, 0.1) is 19.9 Å². The Hall–Kier alpha value is -2.01. The summed E-state index contributed by atoms with van der Waals surface area (Å²) in [7, 11) is 3.29. The van der Waals surface area contributed by atoms with E-state index in [0.29, 0.717) is 6.54 Å². The minimum Gasteiger partial charge on any atom is -0.497 e. The average molecular weight is 262 g/mol. The molecule has 0 aliphatic heterocycles. The third kappa shape index (κ3) is 3.26. The fraction of sp³-hybridized carbons (Fsp3) is 0.357. The molecule has 0 fully saturated rings. The van der Waals surface area contributed by atoms with E-state index >= 15 is 0 Å². The lowest BCUT2D eigenvalue weighted by molar-refractivity contribution is 0.384. The molecule has 102 valence electrons. The van der Waals surface area contributed by atoms with Crippen molar-refractivity contribution in [2.45, 2.75) is 19.5 Å². The normalized spacial score (nSPS) is 12.2. The van der Waals surface area contributed by atoms with Crippen molar-refractivity contribution in [2.75, 3.05) is 14.2 Å². The number of benzene rings is 1. The maximum Gasteiger partial charge on any atom is 0.127 e. The van der Waals surface area contributed by atoms with E-state index in [1.807, 2.05) is 24.3 Å². The zero-order valence-corrected chi connectivity index (χ0v) is 11.3. The molecule has 1 aromatic heterocycles. The number of methoxy groups -OCH3 is 2. The average Bonchev–Trinajstić information content (AvgIpc) is 2.97. The van der Waals surface area contributed by atoms with E-state index in [4.69, 9.17) is 14.0 Å². The van der Waals surface area contributed by atoms with Crippen molar-refractivity contribution in [2.24, 2.45) is 0 Å². The number of nitrogens with one attached hydrogen (secondary N) is 1. The van der Waals surface area contributed by atoms with Gasteiger partial charge in [0.15, 0.2) is 0 Å². The van der Waals surface area contributed by atoms with Crippen molar-refractivity contribution in [3.8, 4) is 11.5 Å². The Kier molecular flexibility index (Phi) is 4.41. The Balaban J connectivity index is 2.07. The van der Waals surface area contributed by atoms with E-state index in [1.54, 1.807) is 20.5 Å². The molecular formula is C14H18N2O3. The van der Waals surface area contributed by atoms with Crippen LogP contribution in [0, 0.1) is 0 Å². The maximum atomic E-state index is 5.39. The van der Waals surface area contributed by atoms with Crippen molar-refractivity contribution in [1.29, 1.82) is 0 Å². The molecule has 0 saturated heterocycles. The first kappa shape index (κ1) is 13.4. The molecule has 1 heterocycles. The van der Waals surface area contributed by atoms with E-state index in [0.717, 1.165) is 22.8 Å². The number of hydrogen-bond acceptors (Lipinski definition) is 5. The topological polar surface area (TPSA) is 56.5 Å². The highest BCUT2D eigenvalue weighted by Gasteiger charge is 2.12. The minimum absolute atomic E-state index is 0.137. The molecule has 5 nitrogen and oxygen atoms in total. The molecule has 2 rings (SSSR count). The summed E-state index contributed by atoms with van der Waals surface area (Å²) in [6, 6.07) is 7.77. The van der Waals surface area contributed by atoms with Gasteiger partial charge in [-0.2, -0.15) is 0 Å². The summed E-state index contributed by atoms with van der Waals surface area (Å²) in [6.07, 6.45) is 1.57. The SMILES string of the molecule is COc1ccc(C(C)NCc2ccon2)c(OC)c1. The third-order valence-electron chi connectivity index (χ3n) is 2.99. The summed E-state index contributed by atoms with van der Waals surface area (Å²) < 4.78 is 15.4. The quantitative estimate of drug-likeness (QED) is 0.867. The molecule has 1 N–H and O–H groups in total. The highest BCUT2D eigenvalue weighted by atomic mass is 16.5. The van der Waals surface area contributed by atoms with Gasteiger partial charge in [-0.25, -0.2) is 0 Å². The molecule has 19 heavy (non-hydrogen) atoms. The van der Waals surface area contributed by atoms with E-state index < -0.39 is 0 Å². The van der Waals surface area contributed by atoms with Crippen molar-refractivity contribution in [3.05, 3.63) is 41.8 Å². The van der Waals surface area contributed by atoms with E-state index in [-0.39, 0.29) is 6.04 Å². The predicted molar refractivity (Wildman–Crippen MR) is 71.3 cm³/mol. The lowest BCUT2D eigenvalue weighted by atomic mass is 10.1. The zero-order chi connectivity index (χ0) is 13.7. The lowest BCUT2D eigenvalue weighted by Crippen LogP contribution is -2.18. The van der Waals surface area contributed by atoms with Crippen LogP contribution in [0.5, 0.6) is 11.5 Å². The van der Waals surface area contributed by atoms with Gasteiger partial charge in [0.2, 0.25) is 0 Å². The molecule has 0 amide bonds. The van der Waals surface area contributed by atoms with Crippen LogP contribution in [0.4, 0.5) is 0 Å². The van der Waals surface area contributed by atoms with Crippen LogP contribution >= 0.6 is 0 Å². The van der Waals surface area contributed by atoms with Crippen molar-refractivity contribution >= 4 is 0 Å². The van der Waals surface area contributed by atoms with Gasteiger partial charge in [0.1, 0.15) is 17.8 Å². The maximum absolute atomic E-state index is 5.39. The van der Waals surface area contributed by atoms with Crippen molar-refractivity contribution < 1.29 is 14.0 Å². The number of rotatable bonds is 6. The molecule has 5 heteroatoms. The Morgan fingerprint density at radius 3 is 2.74 bits per heavy atom. The molecule has 1 aromatic carbocycles. The molecule has 1 atom stereocenters. The summed E-state index contributed by atoms with van der Waals surface area (Å²) in [5, 5.41) is 7.23. The highest BCUT2D eigenvalue weighted by molar-refractivity contribution is 5.42. The van der Waals surface area contributed by atoms with Crippen molar-refractivity contribution in [1.82, 2.24) is 10.5 Å².